The van der Waals surface area contributed by atoms with Gasteiger partial charge in [0.15, 0.2) is 10.8 Å². The Morgan fingerprint density at radius 1 is 1.44 bits per heavy atom. The highest BCUT2D eigenvalue weighted by atomic mass is 35.5. The maximum absolute atomic E-state index is 12.2. The summed E-state index contributed by atoms with van der Waals surface area (Å²) in [5, 5.41) is 10.8. The number of hydrogen-bond donors (Lipinski definition) is 2. The topological polar surface area (TPSA) is 66.4 Å². The Bertz CT molecular complexity index is 492. The molecule has 0 fully saturated rings. The van der Waals surface area contributed by atoms with Gasteiger partial charge in [-0.15, -0.1) is 0 Å². The van der Waals surface area contributed by atoms with E-state index in [2.05, 4.69) is 5.32 Å². The minimum Gasteiger partial charge on any atom is -0.480 e. The van der Waals surface area contributed by atoms with Gasteiger partial charge in [-0.3, -0.25) is 4.79 Å². The number of carbonyl (C=O) groups is 1. The zero-order valence-corrected chi connectivity index (χ0v) is 10.2. The lowest BCUT2D eigenvalue weighted by molar-refractivity contribution is -0.134. The average Bonchev–Trinajstić information content (AvgIpc) is 2.25. The summed E-state index contributed by atoms with van der Waals surface area (Å²) in [5.74, 6) is -1.20. The first-order valence-corrected chi connectivity index (χ1v) is 5.98. The monoisotopic (exact) mass is 301 g/mol. The van der Waals surface area contributed by atoms with Gasteiger partial charge >= 0.3 is 11.5 Å². The molecule has 0 radical (unpaired) electrons. The van der Waals surface area contributed by atoms with Gasteiger partial charge in [-0.1, -0.05) is 11.6 Å². The Morgan fingerprint density at radius 3 is 2.56 bits per heavy atom. The first kappa shape index (κ1) is 14.8. The van der Waals surface area contributed by atoms with Gasteiger partial charge in [-0.05, 0) is 18.2 Å². The van der Waals surface area contributed by atoms with Crippen LogP contribution in [0.4, 0.5) is 18.9 Å². The van der Waals surface area contributed by atoms with Gasteiger partial charge in [-0.2, -0.15) is 13.2 Å². The number of alkyl halides is 3. The molecule has 1 atom stereocenters. The van der Waals surface area contributed by atoms with Crippen molar-refractivity contribution in [3.05, 3.63) is 23.2 Å². The lowest BCUT2D eigenvalue weighted by atomic mass is 10.3. The van der Waals surface area contributed by atoms with Crippen molar-refractivity contribution in [3.63, 3.8) is 0 Å². The second-order valence-electron chi connectivity index (χ2n) is 3.10. The van der Waals surface area contributed by atoms with Crippen LogP contribution in [0.1, 0.15) is 0 Å². The molecular formula is C9H7ClF3NO3S. The number of benzene rings is 1. The predicted molar refractivity (Wildman–Crippen MR) is 60.0 cm³/mol. The Labute approximate surface area is 107 Å². The molecule has 4 nitrogen and oxygen atoms in total. The lowest BCUT2D eigenvalue weighted by Crippen LogP contribution is -2.17. The van der Waals surface area contributed by atoms with Gasteiger partial charge in [0.05, 0.1) is 15.6 Å². The molecule has 0 aliphatic carbocycles. The Hall–Kier alpha value is -1.28. The highest BCUT2D eigenvalue weighted by Crippen LogP contribution is 2.30. The third-order valence-electron chi connectivity index (χ3n) is 1.79. The van der Waals surface area contributed by atoms with E-state index in [1.54, 1.807) is 0 Å². The van der Waals surface area contributed by atoms with Crippen LogP contribution >= 0.6 is 11.6 Å². The standard InChI is InChI=1S/C9H7ClF3NO3S/c10-6-2-1-5(18(17)9(11,12)13)3-7(6)14-4-8(15)16/h1-3,14H,4H2,(H,15,16). The normalized spacial score (nSPS) is 13.1. The van der Waals surface area contributed by atoms with Gasteiger partial charge in [0.25, 0.3) is 0 Å². The Kier molecular flexibility index (Phi) is 4.58. The van der Waals surface area contributed by atoms with Crippen LogP contribution in [0.3, 0.4) is 0 Å². The van der Waals surface area contributed by atoms with Crippen molar-refractivity contribution in [3.8, 4) is 0 Å². The van der Waals surface area contributed by atoms with Crippen molar-refractivity contribution in [2.75, 3.05) is 11.9 Å². The van der Waals surface area contributed by atoms with Crippen LogP contribution in [0.15, 0.2) is 23.1 Å². The fraction of sp³-hybridized carbons (Fsp3) is 0.222. The summed E-state index contributed by atoms with van der Waals surface area (Å²) < 4.78 is 47.8. The molecular weight excluding hydrogens is 295 g/mol. The second-order valence-corrected chi connectivity index (χ2v) is 4.98. The van der Waals surface area contributed by atoms with Crippen molar-refractivity contribution in [1.82, 2.24) is 0 Å². The highest BCUT2D eigenvalue weighted by Gasteiger charge is 2.38. The minimum absolute atomic E-state index is 0.0193. The number of rotatable bonds is 4. The predicted octanol–water partition coefficient (Wildman–Crippen LogP) is 2.46. The molecule has 1 aromatic carbocycles. The molecule has 1 unspecified atom stereocenters. The van der Waals surface area contributed by atoms with Gasteiger partial charge in [-0.25, -0.2) is 4.21 Å². The van der Waals surface area contributed by atoms with E-state index in [4.69, 9.17) is 16.7 Å². The van der Waals surface area contributed by atoms with Crippen LogP contribution in [-0.4, -0.2) is 27.3 Å². The van der Waals surface area contributed by atoms with Crippen LogP contribution in [0, 0.1) is 0 Å². The summed E-state index contributed by atoms with van der Waals surface area (Å²) in [4.78, 5) is 9.82. The molecule has 0 spiro atoms. The molecule has 1 aromatic rings. The van der Waals surface area contributed by atoms with E-state index in [-0.39, 0.29) is 10.7 Å². The van der Waals surface area contributed by atoms with Crippen LogP contribution in [0.25, 0.3) is 0 Å². The van der Waals surface area contributed by atoms with Crippen molar-refractivity contribution >= 4 is 34.1 Å². The maximum Gasteiger partial charge on any atom is 0.475 e. The lowest BCUT2D eigenvalue weighted by Gasteiger charge is -2.10. The second kappa shape index (κ2) is 5.57. The molecule has 0 bridgehead atoms. The quantitative estimate of drug-likeness (QED) is 0.896. The fourth-order valence-electron chi connectivity index (χ4n) is 1.06. The third-order valence-corrected chi connectivity index (χ3v) is 3.22. The Morgan fingerprint density at radius 2 is 2.06 bits per heavy atom. The number of nitrogens with one attached hydrogen (secondary N) is 1. The zero-order chi connectivity index (χ0) is 13.9. The maximum atomic E-state index is 12.2. The van der Waals surface area contributed by atoms with E-state index in [1.165, 1.54) is 0 Å². The molecule has 0 heterocycles. The van der Waals surface area contributed by atoms with Gasteiger partial charge in [0, 0.05) is 0 Å². The molecule has 0 amide bonds. The van der Waals surface area contributed by atoms with E-state index in [0.29, 0.717) is 0 Å². The van der Waals surface area contributed by atoms with Crippen LogP contribution in [0.2, 0.25) is 5.02 Å². The zero-order valence-electron chi connectivity index (χ0n) is 8.62. The number of halogens is 4. The van der Waals surface area contributed by atoms with Crippen molar-refractivity contribution < 1.29 is 27.3 Å². The Balaban J connectivity index is 3.00. The molecule has 0 aliphatic rings. The SMILES string of the molecule is O=C(O)CNc1cc(S(=O)C(F)(F)F)ccc1Cl. The number of hydrogen-bond acceptors (Lipinski definition) is 3. The summed E-state index contributed by atoms with van der Waals surface area (Å²) >= 11 is 5.66. The number of aliphatic carboxylic acids is 1. The average molecular weight is 302 g/mol. The molecule has 0 saturated heterocycles. The molecule has 100 valence electrons. The summed E-state index contributed by atoms with van der Waals surface area (Å²) in [7, 11) is -3.18. The molecule has 18 heavy (non-hydrogen) atoms. The van der Waals surface area contributed by atoms with E-state index in [0.717, 1.165) is 18.2 Å². The molecule has 2 N–H and O–H groups in total. The van der Waals surface area contributed by atoms with E-state index in [1.807, 2.05) is 0 Å². The summed E-state index contributed by atoms with van der Waals surface area (Å²) in [5.41, 5.74) is -4.90. The van der Waals surface area contributed by atoms with Crippen LogP contribution in [-0.2, 0) is 15.6 Å². The summed E-state index contributed by atoms with van der Waals surface area (Å²) in [6.45, 7) is -0.512. The largest absolute Gasteiger partial charge is 0.480 e. The van der Waals surface area contributed by atoms with Crippen molar-refractivity contribution in [2.24, 2.45) is 0 Å². The molecule has 0 aliphatic heterocycles. The summed E-state index contributed by atoms with van der Waals surface area (Å²) in [6, 6.07) is 3.00. The molecule has 1 rings (SSSR count). The molecule has 0 saturated carbocycles. The summed E-state index contributed by atoms with van der Waals surface area (Å²) in [6.07, 6.45) is 0. The highest BCUT2D eigenvalue weighted by molar-refractivity contribution is 7.86. The van der Waals surface area contributed by atoms with Crippen molar-refractivity contribution in [2.45, 2.75) is 10.4 Å². The molecule has 9 heteroatoms. The van der Waals surface area contributed by atoms with E-state index >= 15 is 0 Å². The smallest absolute Gasteiger partial charge is 0.475 e. The van der Waals surface area contributed by atoms with Crippen LogP contribution in [0.5, 0.6) is 0 Å². The molecule has 0 aromatic heterocycles. The van der Waals surface area contributed by atoms with Crippen LogP contribution < -0.4 is 5.32 Å². The third kappa shape index (κ3) is 3.88. The number of carboxylic acids is 1. The van der Waals surface area contributed by atoms with Gasteiger partial charge in [0.2, 0.25) is 0 Å². The number of carboxylic acid groups (broad SMARTS) is 1. The minimum atomic E-state index is -4.88. The van der Waals surface area contributed by atoms with Gasteiger partial charge < -0.3 is 10.4 Å². The van der Waals surface area contributed by atoms with E-state index in [9.17, 15) is 22.2 Å². The van der Waals surface area contributed by atoms with E-state index < -0.39 is 33.7 Å². The fourth-order valence-corrected chi connectivity index (χ4v) is 1.93. The number of anilines is 1. The first-order valence-electron chi connectivity index (χ1n) is 4.45. The first-order chi connectivity index (χ1) is 8.21. The van der Waals surface area contributed by atoms with Crippen molar-refractivity contribution in [1.29, 1.82) is 0 Å². The van der Waals surface area contributed by atoms with Gasteiger partial charge in [0.1, 0.15) is 6.54 Å².